The van der Waals surface area contributed by atoms with Crippen LogP contribution in [-0.4, -0.2) is 25.2 Å². The van der Waals surface area contributed by atoms with Crippen molar-refractivity contribution in [1.29, 1.82) is 0 Å². The average Bonchev–Trinajstić information content (AvgIpc) is 2.59. The largest absolute Gasteiger partial charge is 0.465 e. The van der Waals surface area contributed by atoms with Crippen molar-refractivity contribution in [3.05, 3.63) is 60.4 Å². The number of allylic oxidation sites excluding steroid dienone is 2. The molecule has 0 fully saturated rings. The highest BCUT2D eigenvalue weighted by atomic mass is 16.6. The molecule has 0 spiro atoms. The molecular formula is C20H24O4. The van der Waals surface area contributed by atoms with Gasteiger partial charge in [0.15, 0.2) is 5.41 Å². The molecule has 24 heavy (non-hydrogen) atoms. The second-order valence-corrected chi connectivity index (χ2v) is 5.15. The average molecular weight is 328 g/mol. The van der Waals surface area contributed by atoms with E-state index in [1.807, 2.05) is 36.4 Å². The van der Waals surface area contributed by atoms with Crippen molar-refractivity contribution in [1.82, 2.24) is 0 Å². The van der Waals surface area contributed by atoms with Gasteiger partial charge in [-0.1, -0.05) is 49.1 Å². The van der Waals surface area contributed by atoms with Gasteiger partial charge in [-0.25, -0.2) is 0 Å². The van der Waals surface area contributed by atoms with Crippen LogP contribution in [-0.2, 0) is 19.1 Å². The molecule has 0 amide bonds. The molecule has 1 aromatic carbocycles. The van der Waals surface area contributed by atoms with Crippen LogP contribution in [0.5, 0.6) is 0 Å². The first-order valence-electron chi connectivity index (χ1n) is 8.01. The molecule has 0 bridgehead atoms. The molecule has 0 aliphatic rings. The molecule has 0 heterocycles. The maximum absolute atomic E-state index is 12.5. The van der Waals surface area contributed by atoms with Gasteiger partial charge >= 0.3 is 11.9 Å². The number of carbonyl (C=O) groups excluding carboxylic acids is 2. The first kappa shape index (κ1) is 19.5. The van der Waals surface area contributed by atoms with Gasteiger partial charge in [0.25, 0.3) is 0 Å². The van der Waals surface area contributed by atoms with Gasteiger partial charge in [-0.2, -0.15) is 0 Å². The van der Waals surface area contributed by atoms with E-state index in [9.17, 15) is 9.59 Å². The van der Waals surface area contributed by atoms with Gasteiger partial charge in [0.2, 0.25) is 0 Å². The zero-order valence-electron chi connectivity index (χ0n) is 14.3. The smallest absolute Gasteiger partial charge is 0.324 e. The molecular weight excluding hydrogens is 304 g/mol. The van der Waals surface area contributed by atoms with Crippen molar-refractivity contribution in [2.45, 2.75) is 26.7 Å². The minimum absolute atomic E-state index is 0.132. The van der Waals surface area contributed by atoms with Crippen LogP contribution in [0.1, 0.15) is 32.3 Å². The second kappa shape index (κ2) is 10.2. The molecule has 0 saturated carbocycles. The SMILES string of the molecule is C=C=CCC(C/C=C/c1ccccc1)(C(=O)OCC)C(=O)OCC. The molecule has 0 radical (unpaired) electrons. The molecule has 0 saturated heterocycles. The first-order chi connectivity index (χ1) is 11.6. The quantitative estimate of drug-likeness (QED) is 0.391. The van der Waals surface area contributed by atoms with Gasteiger partial charge in [-0.05, 0) is 38.3 Å². The maximum atomic E-state index is 12.5. The van der Waals surface area contributed by atoms with Crippen LogP contribution in [0.15, 0.2) is 54.8 Å². The van der Waals surface area contributed by atoms with E-state index in [0.29, 0.717) is 0 Å². The summed E-state index contributed by atoms with van der Waals surface area (Å²) in [7, 11) is 0. The number of esters is 2. The Balaban J connectivity index is 3.12. The van der Waals surface area contributed by atoms with Crippen LogP contribution < -0.4 is 0 Å². The van der Waals surface area contributed by atoms with Crippen molar-refractivity contribution in [2.24, 2.45) is 5.41 Å². The standard InChI is InChI=1S/C20H24O4/c1-4-7-15-20(18(21)23-5-2,19(22)24-6-3)16-11-14-17-12-9-8-10-13-17/h7-14H,1,5-6,15-16H2,2-3H3/b14-11+. The van der Waals surface area contributed by atoms with E-state index < -0.39 is 17.4 Å². The lowest BCUT2D eigenvalue weighted by Crippen LogP contribution is -2.41. The number of ether oxygens (including phenoxy) is 2. The fraction of sp³-hybridized carbons (Fsp3) is 0.350. The van der Waals surface area contributed by atoms with Crippen LogP contribution in [0.25, 0.3) is 6.08 Å². The maximum Gasteiger partial charge on any atom is 0.324 e. The topological polar surface area (TPSA) is 52.6 Å². The fourth-order valence-electron chi connectivity index (χ4n) is 2.25. The number of hydrogen-bond acceptors (Lipinski definition) is 4. The van der Waals surface area contributed by atoms with Crippen LogP contribution in [0.4, 0.5) is 0 Å². The number of rotatable bonds is 9. The van der Waals surface area contributed by atoms with Gasteiger partial charge in [0, 0.05) is 0 Å². The Hall–Kier alpha value is -2.58. The summed E-state index contributed by atoms with van der Waals surface area (Å²) in [5.41, 5.74) is 2.18. The van der Waals surface area contributed by atoms with Gasteiger partial charge in [0.1, 0.15) is 0 Å². The Morgan fingerprint density at radius 3 is 2.17 bits per heavy atom. The Morgan fingerprint density at radius 1 is 1.08 bits per heavy atom. The molecule has 128 valence electrons. The van der Waals surface area contributed by atoms with E-state index in [0.717, 1.165) is 5.56 Å². The summed E-state index contributed by atoms with van der Waals surface area (Å²) in [4.78, 5) is 25.0. The summed E-state index contributed by atoms with van der Waals surface area (Å²) in [5, 5.41) is 0. The predicted octanol–water partition coefficient (Wildman–Crippen LogP) is 3.93. The van der Waals surface area contributed by atoms with Gasteiger partial charge in [-0.15, -0.1) is 5.73 Å². The lowest BCUT2D eigenvalue weighted by atomic mass is 9.80. The zero-order chi connectivity index (χ0) is 17.8. The molecule has 0 aliphatic carbocycles. The molecule has 0 aromatic heterocycles. The lowest BCUT2D eigenvalue weighted by Gasteiger charge is -2.26. The van der Waals surface area contributed by atoms with Crippen LogP contribution >= 0.6 is 0 Å². The molecule has 0 N–H and O–H groups in total. The summed E-state index contributed by atoms with van der Waals surface area (Å²) in [5.74, 6) is -1.18. The minimum Gasteiger partial charge on any atom is -0.465 e. The molecule has 0 atom stereocenters. The van der Waals surface area contributed by atoms with E-state index in [1.165, 1.54) is 0 Å². The summed E-state index contributed by atoms with van der Waals surface area (Å²) in [6, 6.07) is 9.65. The van der Waals surface area contributed by atoms with Crippen LogP contribution in [0, 0.1) is 5.41 Å². The van der Waals surface area contributed by atoms with Gasteiger partial charge < -0.3 is 9.47 Å². The summed E-state index contributed by atoms with van der Waals surface area (Å²) >= 11 is 0. The van der Waals surface area contributed by atoms with E-state index in [4.69, 9.17) is 9.47 Å². The Bertz CT molecular complexity index is 592. The van der Waals surface area contributed by atoms with Crippen LogP contribution in [0.2, 0.25) is 0 Å². The molecule has 4 heteroatoms. The fourth-order valence-corrected chi connectivity index (χ4v) is 2.25. The molecule has 4 nitrogen and oxygen atoms in total. The van der Waals surface area contributed by atoms with Crippen molar-refractivity contribution in [3.8, 4) is 0 Å². The van der Waals surface area contributed by atoms with Crippen molar-refractivity contribution < 1.29 is 19.1 Å². The molecule has 0 aliphatic heterocycles. The first-order valence-corrected chi connectivity index (χ1v) is 8.01. The van der Waals surface area contributed by atoms with E-state index in [-0.39, 0.29) is 26.1 Å². The second-order valence-electron chi connectivity index (χ2n) is 5.15. The zero-order valence-corrected chi connectivity index (χ0v) is 14.3. The third-order valence-electron chi connectivity index (χ3n) is 3.50. The minimum atomic E-state index is -1.41. The molecule has 1 rings (SSSR count). The highest BCUT2D eigenvalue weighted by Gasteiger charge is 2.47. The highest BCUT2D eigenvalue weighted by molar-refractivity contribution is 6.00. The van der Waals surface area contributed by atoms with Crippen molar-refractivity contribution in [2.75, 3.05) is 13.2 Å². The third kappa shape index (κ3) is 5.25. The van der Waals surface area contributed by atoms with Gasteiger partial charge in [0.05, 0.1) is 13.2 Å². The number of carbonyl (C=O) groups is 2. The Morgan fingerprint density at radius 2 is 1.67 bits per heavy atom. The molecule has 1 aromatic rings. The van der Waals surface area contributed by atoms with Gasteiger partial charge in [-0.3, -0.25) is 9.59 Å². The molecule has 0 unspecified atom stereocenters. The van der Waals surface area contributed by atoms with E-state index >= 15 is 0 Å². The third-order valence-corrected chi connectivity index (χ3v) is 3.50. The lowest BCUT2D eigenvalue weighted by molar-refractivity contribution is -0.171. The normalized spacial score (nSPS) is 10.9. The number of benzene rings is 1. The van der Waals surface area contributed by atoms with Crippen molar-refractivity contribution >= 4 is 18.0 Å². The summed E-state index contributed by atoms with van der Waals surface area (Å²) < 4.78 is 10.3. The van der Waals surface area contributed by atoms with E-state index in [1.54, 1.807) is 26.0 Å². The summed E-state index contributed by atoms with van der Waals surface area (Å²) in [6.45, 7) is 7.30. The number of hydrogen-bond donors (Lipinski definition) is 0. The Labute approximate surface area is 143 Å². The van der Waals surface area contributed by atoms with E-state index in [2.05, 4.69) is 12.3 Å². The van der Waals surface area contributed by atoms with Crippen LogP contribution in [0.3, 0.4) is 0 Å². The summed E-state index contributed by atoms with van der Waals surface area (Å²) in [6.07, 6.45) is 5.53. The predicted molar refractivity (Wildman–Crippen MR) is 94.1 cm³/mol. The Kier molecular flexibility index (Phi) is 8.31. The van der Waals surface area contributed by atoms with Crippen molar-refractivity contribution in [3.63, 3.8) is 0 Å². The monoisotopic (exact) mass is 328 g/mol. The highest BCUT2D eigenvalue weighted by Crippen LogP contribution is 2.32.